The van der Waals surface area contributed by atoms with Crippen LogP contribution in [0.2, 0.25) is 0 Å². The highest BCUT2D eigenvalue weighted by molar-refractivity contribution is 5.83. The Bertz CT molecular complexity index is 424. The van der Waals surface area contributed by atoms with Crippen molar-refractivity contribution >= 4 is 11.9 Å². The molecule has 0 unspecified atom stereocenters. The Hall–Kier alpha value is -1.34. The molecule has 7 nitrogen and oxygen atoms in total. The summed E-state index contributed by atoms with van der Waals surface area (Å²) >= 11 is 0. The third kappa shape index (κ3) is 7.97. The lowest BCUT2D eigenvalue weighted by atomic mass is 10.0. The second kappa shape index (κ2) is 9.22. The number of ether oxygens (including phenoxy) is 2. The van der Waals surface area contributed by atoms with Gasteiger partial charge in [-0.2, -0.15) is 0 Å². The average Bonchev–Trinajstić information content (AvgIpc) is 2.49. The largest absolute Gasteiger partial charge is 0.459 e. The van der Waals surface area contributed by atoms with E-state index in [2.05, 4.69) is 34.4 Å². The maximum atomic E-state index is 11.8. The predicted molar refractivity (Wildman–Crippen MR) is 96.3 cm³/mol. The minimum absolute atomic E-state index is 0.00455. The minimum atomic E-state index is -0.489. The van der Waals surface area contributed by atoms with Gasteiger partial charge in [-0.1, -0.05) is 0 Å². The fourth-order valence-electron chi connectivity index (χ4n) is 2.44. The third-order valence-corrected chi connectivity index (χ3v) is 3.69. The molecule has 0 aromatic rings. The van der Waals surface area contributed by atoms with E-state index in [4.69, 9.17) is 9.47 Å². The zero-order valence-corrected chi connectivity index (χ0v) is 16.1. The molecule has 1 rings (SSSR count). The molecule has 0 saturated carbocycles. The quantitative estimate of drug-likeness (QED) is 0.426. The molecule has 1 fully saturated rings. The molecule has 140 valence electrons. The molecule has 0 radical (unpaired) electrons. The topological polar surface area (TPSA) is 75.2 Å². The lowest BCUT2D eigenvalue weighted by Gasteiger charge is -2.41. The van der Waals surface area contributed by atoms with E-state index in [1.165, 1.54) is 0 Å². The van der Waals surface area contributed by atoms with E-state index in [0.29, 0.717) is 5.96 Å². The van der Waals surface area contributed by atoms with Crippen molar-refractivity contribution in [2.24, 2.45) is 4.99 Å². The van der Waals surface area contributed by atoms with Crippen molar-refractivity contribution in [2.45, 2.75) is 52.7 Å². The summed E-state index contributed by atoms with van der Waals surface area (Å²) in [5.74, 6) is 0.303. The van der Waals surface area contributed by atoms with Crippen LogP contribution in [0.5, 0.6) is 0 Å². The van der Waals surface area contributed by atoms with Gasteiger partial charge in [0.15, 0.2) is 5.96 Å². The van der Waals surface area contributed by atoms with E-state index < -0.39 is 5.60 Å². The highest BCUT2D eigenvalue weighted by atomic mass is 16.6. The normalized spacial score (nSPS) is 17.5. The second-order valence-corrected chi connectivity index (χ2v) is 7.55. The zero-order valence-electron chi connectivity index (χ0n) is 16.1. The minimum Gasteiger partial charge on any atom is -0.459 e. The monoisotopic (exact) mass is 342 g/mol. The molecule has 0 aromatic carbocycles. The number of rotatable bonds is 6. The fraction of sp³-hybridized carbons (Fsp3) is 0.882. The number of esters is 1. The summed E-state index contributed by atoms with van der Waals surface area (Å²) in [6, 6.07) is 0. The highest BCUT2D eigenvalue weighted by Gasteiger charge is 2.28. The first-order valence-corrected chi connectivity index (χ1v) is 8.71. The van der Waals surface area contributed by atoms with Crippen molar-refractivity contribution in [3.63, 3.8) is 0 Å². The number of carbonyl (C=O) groups excluding carboxylic acids is 1. The van der Waals surface area contributed by atoms with Gasteiger partial charge in [-0.15, -0.1) is 0 Å². The summed E-state index contributed by atoms with van der Waals surface area (Å²) in [5, 5.41) is 6.49. The Kier molecular flexibility index (Phi) is 7.96. The van der Waals surface area contributed by atoms with E-state index in [1.54, 1.807) is 0 Å². The lowest BCUT2D eigenvalue weighted by Crippen LogP contribution is -2.56. The molecule has 7 heteroatoms. The number of nitrogens with one attached hydrogen (secondary N) is 2. The molecule has 0 aliphatic carbocycles. The molecular formula is C17H34N4O3. The number of morpholine rings is 1. The van der Waals surface area contributed by atoms with Crippen molar-refractivity contribution in [2.75, 3.05) is 45.9 Å². The maximum Gasteiger partial charge on any atom is 0.328 e. The van der Waals surface area contributed by atoms with Crippen LogP contribution in [-0.2, 0) is 14.3 Å². The Morgan fingerprint density at radius 1 is 1.17 bits per heavy atom. The molecule has 2 N–H and O–H groups in total. The summed E-state index contributed by atoms with van der Waals surface area (Å²) in [6.45, 7) is 16.8. The van der Waals surface area contributed by atoms with Crippen LogP contribution < -0.4 is 10.6 Å². The maximum absolute atomic E-state index is 11.8. The van der Waals surface area contributed by atoms with Gasteiger partial charge < -0.3 is 20.1 Å². The Morgan fingerprint density at radius 3 is 2.33 bits per heavy atom. The van der Waals surface area contributed by atoms with E-state index in [-0.39, 0.29) is 18.1 Å². The Labute approximate surface area is 146 Å². The summed E-state index contributed by atoms with van der Waals surface area (Å²) in [5.41, 5.74) is -0.511. The smallest absolute Gasteiger partial charge is 0.328 e. The molecule has 1 aliphatic rings. The summed E-state index contributed by atoms with van der Waals surface area (Å²) in [6.07, 6.45) is 0. The van der Waals surface area contributed by atoms with Crippen LogP contribution in [0.15, 0.2) is 4.99 Å². The van der Waals surface area contributed by atoms with Gasteiger partial charge in [-0.25, -0.2) is 4.99 Å². The van der Waals surface area contributed by atoms with E-state index in [1.807, 2.05) is 27.7 Å². The molecule has 24 heavy (non-hydrogen) atoms. The molecular weight excluding hydrogens is 308 g/mol. The van der Waals surface area contributed by atoms with Crippen LogP contribution in [0.25, 0.3) is 0 Å². The number of hydrogen-bond donors (Lipinski definition) is 2. The molecule has 1 saturated heterocycles. The molecule has 1 aliphatic heterocycles. The van der Waals surface area contributed by atoms with Crippen molar-refractivity contribution in [3.8, 4) is 0 Å². The summed E-state index contributed by atoms with van der Waals surface area (Å²) < 4.78 is 10.7. The average molecular weight is 342 g/mol. The number of hydrogen-bond acceptors (Lipinski definition) is 5. The van der Waals surface area contributed by atoms with Crippen molar-refractivity contribution in [3.05, 3.63) is 0 Å². The van der Waals surface area contributed by atoms with Crippen LogP contribution in [0.3, 0.4) is 0 Å². The van der Waals surface area contributed by atoms with Crippen LogP contribution in [0, 0.1) is 0 Å². The molecule has 0 spiro atoms. The number of aliphatic imine (C=N–C) groups is 1. The van der Waals surface area contributed by atoms with Crippen molar-refractivity contribution in [1.29, 1.82) is 0 Å². The molecule has 0 amide bonds. The van der Waals surface area contributed by atoms with E-state index in [0.717, 1.165) is 39.4 Å². The predicted octanol–water partition coefficient (Wildman–Crippen LogP) is 0.994. The SMILES string of the molecule is CCNC(=NCC(=O)OC(C)(C)C)NCC(C)(C)N1CCOCC1. The van der Waals surface area contributed by atoms with Gasteiger partial charge in [0.05, 0.1) is 13.2 Å². The summed E-state index contributed by atoms with van der Waals surface area (Å²) in [4.78, 5) is 18.5. The number of guanidine groups is 1. The van der Waals surface area contributed by atoms with Gasteiger partial charge >= 0.3 is 5.97 Å². The zero-order chi connectivity index (χ0) is 18.2. The molecule has 1 heterocycles. The third-order valence-electron chi connectivity index (χ3n) is 3.69. The summed E-state index contributed by atoms with van der Waals surface area (Å²) in [7, 11) is 0. The van der Waals surface area contributed by atoms with Crippen molar-refractivity contribution < 1.29 is 14.3 Å². The van der Waals surface area contributed by atoms with Crippen LogP contribution in [0.1, 0.15) is 41.5 Å². The first-order chi connectivity index (χ1) is 11.1. The number of carbonyl (C=O) groups is 1. The van der Waals surface area contributed by atoms with Gasteiger partial charge in [-0.3, -0.25) is 9.69 Å². The Balaban J connectivity index is 2.55. The molecule has 0 bridgehead atoms. The second-order valence-electron chi connectivity index (χ2n) is 7.55. The molecule has 0 aromatic heterocycles. The standard InChI is InChI=1S/C17H34N4O3/c1-7-18-15(19-12-14(22)24-16(2,3)4)20-13-17(5,6)21-8-10-23-11-9-21/h7-13H2,1-6H3,(H2,18,19,20). The first kappa shape index (κ1) is 20.7. The number of nitrogens with zero attached hydrogens (tertiary/aromatic N) is 2. The van der Waals surface area contributed by atoms with Crippen molar-refractivity contribution in [1.82, 2.24) is 15.5 Å². The van der Waals surface area contributed by atoms with Crippen LogP contribution in [0.4, 0.5) is 0 Å². The van der Waals surface area contributed by atoms with Gasteiger partial charge in [0.25, 0.3) is 0 Å². The highest BCUT2D eigenvalue weighted by Crippen LogP contribution is 2.15. The van der Waals surface area contributed by atoms with Gasteiger partial charge in [0, 0.05) is 31.7 Å². The van der Waals surface area contributed by atoms with E-state index in [9.17, 15) is 4.79 Å². The fourth-order valence-corrected chi connectivity index (χ4v) is 2.44. The van der Waals surface area contributed by atoms with Gasteiger partial charge in [0.2, 0.25) is 0 Å². The lowest BCUT2D eigenvalue weighted by molar-refractivity contribution is -0.152. The van der Waals surface area contributed by atoms with Crippen LogP contribution in [-0.4, -0.2) is 73.9 Å². The van der Waals surface area contributed by atoms with E-state index >= 15 is 0 Å². The Morgan fingerprint density at radius 2 is 1.79 bits per heavy atom. The molecule has 0 atom stereocenters. The first-order valence-electron chi connectivity index (χ1n) is 8.71. The van der Waals surface area contributed by atoms with Gasteiger partial charge in [-0.05, 0) is 41.5 Å². The van der Waals surface area contributed by atoms with Gasteiger partial charge in [0.1, 0.15) is 12.1 Å². The van der Waals surface area contributed by atoms with Crippen LogP contribution >= 0.6 is 0 Å².